The van der Waals surface area contributed by atoms with Gasteiger partial charge in [-0.3, -0.25) is 0 Å². The number of hydrogen-bond donors (Lipinski definition) is 1. The van der Waals surface area contributed by atoms with Crippen LogP contribution in [0.1, 0.15) is 32.8 Å². The molecule has 1 aliphatic rings. The zero-order valence-corrected chi connectivity index (χ0v) is 13.8. The normalized spacial score (nSPS) is 18.7. The van der Waals surface area contributed by atoms with Gasteiger partial charge in [0.05, 0.1) is 0 Å². The first-order valence-corrected chi connectivity index (χ1v) is 7.63. The molecule has 0 aromatic heterocycles. The maximum absolute atomic E-state index is 12.0. The van der Waals surface area contributed by atoms with Crippen LogP contribution in [0.4, 0.5) is 10.5 Å². The van der Waals surface area contributed by atoms with E-state index < -0.39 is 5.60 Å². The number of carbonyl (C=O) groups excluding carboxylic acids is 1. The summed E-state index contributed by atoms with van der Waals surface area (Å²) in [6, 6.07) is 6.05. The van der Waals surface area contributed by atoms with Crippen molar-refractivity contribution in [1.29, 1.82) is 0 Å². The Hall–Kier alpha value is -1.42. The Morgan fingerprint density at radius 1 is 1.43 bits per heavy atom. The second-order valence-electron chi connectivity index (χ2n) is 6.47. The second kappa shape index (κ2) is 6.14. The molecule has 0 spiro atoms. The van der Waals surface area contributed by atoms with Crippen molar-refractivity contribution >= 4 is 23.4 Å². The molecule has 1 atom stereocenters. The van der Waals surface area contributed by atoms with Gasteiger partial charge >= 0.3 is 6.09 Å². The largest absolute Gasteiger partial charge is 0.444 e. The molecule has 0 saturated carbocycles. The molecule has 0 radical (unpaired) electrons. The van der Waals surface area contributed by atoms with E-state index in [9.17, 15) is 4.79 Å². The molecule has 1 saturated heterocycles. The standard InChI is InChI=1S/C16H23ClN2O2/c1-11-13(17)6-5-7-14(11)18-12-8-9-19(10-12)15(20)21-16(2,3)4/h5-7,12,18H,8-10H2,1-4H3. The predicted octanol–water partition coefficient (Wildman–Crippen LogP) is 4.07. The lowest BCUT2D eigenvalue weighted by Gasteiger charge is -2.24. The fraction of sp³-hybridized carbons (Fsp3) is 0.562. The Bertz CT molecular complexity index is 525. The summed E-state index contributed by atoms with van der Waals surface area (Å²) in [5.41, 5.74) is 1.61. The fourth-order valence-corrected chi connectivity index (χ4v) is 2.53. The van der Waals surface area contributed by atoms with Crippen molar-refractivity contribution in [2.75, 3.05) is 18.4 Å². The molecule has 2 rings (SSSR count). The van der Waals surface area contributed by atoms with Gasteiger partial charge in [0.15, 0.2) is 0 Å². The third kappa shape index (κ3) is 4.27. The summed E-state index contributed by atoms with van der Waals surface area (Å²) in [5.74, 6) is 0. The van der Waals surface area contributed by atoms with E-state index in [0.29, 0.717) is 13.1 Å². The average molecular weight is 311 g/mol. The van der Waals surface area contributed by atoms with E-state index in [-0.39, 0.29) is 12.1 Å². The maximum Gasteiger partial charge on any atom is 0.410 e. The number of nitrogens with zero attached hydrogens (tertiary/aromatic N) is 1. The molecule has 1 aromatic rings. The molecule has 0 bridgehead atoms. The minimum absolute atomic E-state index is 0.231. The highest BCUT2D eigenvalue weighted by atomic mass is 35.5. The van der Waals surface area contributed by atoms with Crippen LogP contribution in [-0.2, 0) is 4.74 Å². The number of likely N-dealkylation sites (tertiary alicyclic amines) is 1. The summed E-state index contributed by atoms with van der Waals surface area (Å²) < 4.78 is 5.40. The number of amides is 1. The van der Waals surface area contributed by atoms with Gasteiger partial charge in [-0.2, -0.15) is 0 Å². The summed E-state index contributed by atoms with van der Waals surface area (Å²) in [7, 11) is 0. The van der Waals surface area contributed by atoms with Crippen LogP contribution in [0.2, 0.25) is 5.02 Å². The molecule has 1 amide bonds. The SMILES string of the molecule is Cc1c(Cl)cccc1NC1CCN(C(=O)OC(C)(C)C)C1. The lowest BCUT2D eigenvalue weighted by molar-refractivity contribution is 0.0293. The quantitative estimate of drug-likeness (QED) is 0.895. The zero-order valence-electron chi connectivity index (χ0n) is 13.1. The highest BCUT2D eigenvalue weighted by Crippen LogP contribution is 2.25. The van der Waals surface area contributed by atoms with Crippen LogP contribution in [0.15, 0.2) is 18.2 Å². The van der Waals surface area contributed by atoms with Crippen molar-refractivity contribution < 1.29 is 9.53 Å². The molecule has 5 heteroatoms. The van der Waals surface area contributed by atoms with Crippen LogP contribution in [-0.4, -0.2) is 35.7 Å². The molecular formula is C16H23ClN2O2. The van der Waals surface area contributed by atoms with Crippen molar-refractivity contribution in [2.24, 2.45) is 0 Å². The van der Waals surface area contributed by atoms with Crippen molar-refractivity contribution in [3.63, 3.8) is 0 Å². The summed E-state index contributed by atoms with van der Waals surface area (Å²) in [4.78, 5) is 13.8. The molecule has 0 aliphatic carbocycles. The zero-order chi connectivity index (χ0) is 15.6. The first kappa shape index (κ1) is 16.0. The van der Waals surface area contributed by atoms with Gasteiger partial charge in [0.25, 0.3) is 0 Å². The lowest BCUT2D eigenvalue weighted by atomic mass is 10.1. The first-order valence-electron chi connectivity index (χ1n) is 7.26. The fourth-order valence-electron chi connectivity index (χ4n) is 2.35. The van der Waals surface area contributed by atoms with Gasteiger partial charge in [-0.25, -0.2) is 4.79 Å². The molecule has 21 heavy (non-hydrogen) atoms. The van der Waals surface area contributed by atoms with Crippen LogP contribution in [0.5, 0.6) is 0 Å². The highest BCUT2D eigenvalue weighted by molar-refractivity contribution is 6.31. The number of anilines is 1. The molecule has 1 fully saturated rings. The van der Waals surface area contributed by atoms with Gasteiger partial charge in [-0.1, -0.05) is 17.7 Å². The van der Waals surface area contributed by atoms with E-state index in [4.69, 9.17) is 16.3 Å². The number of hydrogen-bond acceptors (Lipinski definition) is 3. The molecule has 1 unspecified atom stereocenters. The first-order chi connectivity index (χ1) is 9.76. The van der Waals surface area contributed by atoms with Gasteiger partial charge in [-0.15, -0.1) is 0 Å². The van der Waals surface area contributed by atoms with Crippen molar-refractivity contribution in [2.45, 2.75) is 45.8 Å². The summed E-state index contributed by atoms with van der Waals surface area (Å²) in [6.07, 6.45) is 0.667. The summed E-state index contributed by atoms with van der Waals surface area (Å²) >= 11 is 6.13. The van der Waals surface area contributed by atoms with Crippen molar-refractivity contribution in [1.82, 2.24) is 4.90 Å². The summed E-state index contributed by atoms with van der Waals surface area (Å²) in [5, 5.41) is 4.22. The van der Waals surface area contributed by atoms with Crippen LogP contribution in [0.3, 0.4) is 0 Å². The number of ether oxygens (including phenoxy) is 1. The van der Waals surface area contributed by atoms with Crippen LogP contribution < -0.4 is 5.32 Å². The molecule has 116 valence electrons. The summed E-state index contributed by atoms with van der Waals surface area (Å²) in [6.45, 7) is 9.00. The van der Waals surface area contributed by atoms with Gasteiger partial charge in [0.1, 0.15) is 5.60 Å². The van der Waals surface area contributed by atoms with E-state index >= 15 is 0 Å². The van der Waals surface area contributed by atoms with Gasteiger partial charge in [0, 0.05) is 29.8 Å². The van der Waals surface area contributed by atoms with Gasteiger partial charge < -0.3 is 15.0 Å². The Morgan fingerprint density at radius 3 is 2.81 bits per heavy atom. The number of nitrogens with one attached hydrogen (secondary N) is 1. The topological polar surface area (TPSA) is 41.6 Å². The van der Waals surface area contributed by atoms with E-state index in [1.807, 2.05) is 45.9 Å². The molecular weight excluding hydrogens is 288 g/mol. The number of carbonyl (C=O) groups is 1. The smallest absolute Gasteiger partial charge is 0.410 e. The number of halogens is 1. The minimum Gasteiger partial charge on any atom is -0.444 e. The monoisotopic (exact) mass is 310 g/mol. The van der Waals surface area contributed by atoms with Crippen molar-refractivity contribution in [3.8, 4) is 0 Å². The average Bonchev–Trinajstić information content (AvgIpc) is 2.82. The Kier molecular flexibility index (Phi) is 4.67. The van der Waals surface area contributed by atoms with Crippen LogP contribution in [0.25, 0.3) is 0 Å². The van der Waals surface area contributed by atoms with Crippen LogP contribution in [0, 0.1) is 6.92 Å². The second-order valence-corrected chi connectivity index (χ2v) is 6.88. The minimum atomic E-state index is -0.452. The molecule has 1 aromatic carbocycles. The molecule has 1 heterocycles. The third-order valence-electron chi connectivity index (χ3n) is 3.47. The molecule has 4 nitrogen and oxygen atoms in total. The number of rotatable bonds is 2. The van der Waals surface area contributed by atoms with Gasteiger partial charge in [-0.05, 0) is 51.8 Å². The maximum atomic E-state index is 12.0. The molecule has 1 aliphatic heterocycles. The Labute approximate surface area is 131 Å². The number of benzene rings is 1. The van der Waals surface area contributed by atoms with Crippen LogP contribution >= 0.6 is 11.6 Å². The van der Waals surface area contributed by atoms with E-state index in [0.717, 1.165) is 22.7 Å². The van der Waals surface area contributed by atoms with E-state index in [2.05, 4.69) is 5.32 Å². The molecule has 1 N–H and O–H groups in total. The van der Waals surface area contributed by atoms with E-state index in [1.165, 1.54) is 0 Å². The third-order valence-corrected chi connectivity index (χ3v) is 3.88. The predicted molar refractivity (Wildman–Crippen MR) is 86.0 cm³/mol. The lowest BCUT2D eigenvalue weighted by Crippen LogP contribution is -2.36. The Morgan fingerprint density at radius 2 is 2.14 bits per heavy atom. The van der Waals surface area contributed by atoms with Crippen molar-refractivity contribution in [3.05, 3.63) is 28.8 Å². The Balaban J connectivity index is 1.94. The van der Waals surface area contributed by atoms with E-state index in [1.54, 1.807) is 4.90 Å². The van der Waals surface area contributed by atoms with Gasteiger partial charge in [0.2, 0.25) is 0 Å². The highest BCUT2D eigenvalue weighted by Gasteiger charge is 2.29.